The van der Waals surface area contributed by atoms with Crippen LogP contribution in [0.1, 0.15) is 25.5 Å². The number of hydrogen-bond donors (Lipinski definition) is 1. The van der Waals surface area contributed by atoms with E-state index in [1.807, 2.05) is 10.9 Å². The van der Waals surface area contributed by atoms with Gasteiger partial charge in [0.05, 0.1) is 11.7 Å². The topological polar surface area (TPSA) is 43.8 Å². The van der Waals surface area contributed by atoms with Crippen molar-refractivity contribution in [3.63, 3.8) is 0 Å². The Labute approximate surface area is 83.5 Å². The summed E-state index contributed by atoms with van der Waals surface area (Å²) in [7, 11) is 0. The number of fused-ring (bicyclic) bond motifs is 1. The van der Waals surface area contributed by atoms with Crippen LogP contribution < -0.4 is 5.73 Å². The van der Waals surface area contributed by atoms with Gasteiger partial charge in [0.1, 0.15) is 0 Å². The first-order valence-electron chi connectivity index (χ1n) is 4.88. The predicted molar refractivity (Wildman–Crippen MR) is 58.0 cm³/mol. The van der Waals surface area contributed by atoms with Gasteiger partial charge >= 0.3 is 0 Å². The minimum absolute atomic E-state index is 0.399. The highest BCUT2D eigenvalue weighted by Crippen LogP contribution is 2.18. The molecule has 1 aromatic heterocycles. The first kappa shape index (κ1) is 9.21. The minimum Gasteiger partial charge on any atom is -0.326 e. The quantitative estimate of drug-likeness (QED) is 0.786. The first-order valence-corrected chi connectivity index (χ1v) is 4.88. The molecule has 2 N–H and O–H groups in total. The van der Waals surface area contributed by atoms with Crippen molar-refractivity contribution < 1.29 is 0 Å². The summed E-state index contributed by atoms with van der Waals surface area (Å²) in [5, 5.41) is 5.51. The molecule has 0 aliphatic rings. The molecule has 0 saturated heterocycles. The molecule has 0 spiro atoms. The lowest BCUT2D eigenvalue weighted by Gasteiger charge is -2.06. The van der Waals surface area contributed by atoms with E-state index < -0.39 is 0 Å². The van der Waals surface area contributed by atoms with Gasteiger partial charge in [0.15, 0.2) is 0 Å². The van der Waals surface area contributed by atoms with Gasteiger partial charge in [0.25, 0.3) is 0 Å². The summed E-state index contributed by atoms with van der Waals surface area (Å²) in [6, 6.07) is 6.64. The monoisotopic (exact) mass is 189 g/mol. The van der Waals surface area contributed by atoms with Gasteiger partial charge in [0.2, 0.25) is 0 Å². The molecule has 14 heavy (non-hydrogen) atoms. The number of benzene rings is 1. The largest absolute Gasteiger partial charge is 0.326 e. The summed E-state index contributed by atoms with van der Waals surface area (Å²) >= 11 is 0. The van der Waals surface area contributed by atoms with Gasteiger partial charge in [-0.05, 0) is 31.5 Å². The van der Waals surface area contributed by atoms with Gasteiger partial charge in [-0.25, -0.2) is 0 Å². The highest BCUT2D eigenvalue weighted by Gasteiger charge is 2.05. The Morgan fingerprint density at radius 1 is 1.43 bits per heavy atom. The second-order valence-electron chi connectivity index (χ2n) is 3.78. The van der Waals surface area contributed by atoms with Crippen molar-refractivity contribution in [3.8, 4) is 0 Å². The molecule has 0 amide bonds. The molecule has 0 bridgehead atoms. The molecule has 74 valence electrons. The molecule has 1 heterocycles. The fourth-order valence-electron chi connectivity index (χ4n) is 1.64. The molecule has 0 radical (unpaired) electrons. The molecule has 3 heteroatoms. The van der Waals surface area contributed by atoms with Crippen LogP contribution in [-0.2, 0) is 6.54 Å². The Balaban J connectivity index is 2.59. The van der Waals surface area contributed by atoms with E-state index in [0.29, 0.717) is 12.6 Å². The number of nitrogens with zero attached hydrogens (tertiary/aromatic N) is 2. The smallest absolute Gasteiger partial charge is 0.0685 e. The van der Waals surface area contributed by atoms with Crippen LogP contribution in [0, 0.1) is 0 Å². The molecular formula is C11H15N3. The van der Waals surface area contributed by atoms with E-state index in [9.17, 15) is 0 Å². The maximum atomic E-state index is 5.58. The Morgan fingerprint density at radius 2 is 2.21 bits per heavy atom. The third-order valence-electron chi connectivity index (χ3n) is 2.38. The van der Waals surface area contributed by atoms with E-state index in [0.717, 1.165) is 5.56 Å². The summed E-state index contributed by atoms with van der Waals surface area (Å²) in [5.41, 5.74) is 7.91. The van der Waals surface area contributed by atoms with E-state index >= 15 is 0 Å². The fraction of sp³-hybridized carbons (Fsp3) is 0.364. The zero-order valence-electron chi connectivity index (χ0n) is 8.57. The SMILES string of the molecule is CC(C)n1ncc2cc(CN)ccc21. The van der Waals surface area contributed by atoms with Gasteiger partial charge in [-0.1, -0.05) is 6.07 Å². The molecule has 0 fully saturated rings. The van der Waals surface area contributed by atoms with Crippen LogP contribution in [0.5, 0.6) is 0 Å². The maximum Gasteiger partial charge on any atom is 0.0685 e. The molecule has 2 aromatic rings. The van der Waals surface area contributed by atoms with Crippen LogP contribution in [-0.4, -0.2) is 9.78 Å². The minimum atomic E-state index is 0.399. The average molecular weight is 189 g/mol. The van der Waals surface area contributed by atoms with Crippen molar-refractivity contribution in [1.29, 1.82) is 0 Å². The number of aromatic nitrogens is 2. The molecule has 0 aliphatic carbocycles. The number of nitrogens with two attached hydrogens (primary N) is 1. The Kier molecular flexibility index (Phi) is 2.25. The van der Waals surface area contributed by atoms with Gasteiger partial charge in [-0.3, -0.25) is 4.68 Å². The highest BCUT2D eigenvalue weighted by atomic mass is 15.3. The molecule has 0 atom stereocenters. The predicted octanol–water partition coefficient (Wildman–Crippen LogP) is 2.08. The first-order chi connectivity index (χ1) is 6.72. The van der Waals surface area contributed by atoms with Gasteiger partial charge < -0.3 is 5.73 Å². The third kappa shape index (κ3) is 1.40. The lowest BCUT2D eigenvalue weighted by molar-refractivity contribution is 0.551. The molecular weight excluding hydrogens is 174 g/mol. The van der Waals surface area contributed by atoms with E-state index in [1.165, 1.54) is 10.9 Å². The lowest BCUT2D eigenvalue weighted by Crippen LogP contribution is -2.02. The summed E-state index contributed by atoms with van der Waals surface area (Å²) < 4.78 is 2.02. The number of hydrogen-bond acceptors (Lipinski definition) is 2. The summed E-state index contributed by atoms with van der Waals surface area (Å²) in [6.45, 7) is 4.84. The third-order valence-corrected chi connectivity index (χ3v) is 2.38. The normalized spacial score (nSPS) is 11.4. The summed E-state index contributed by atoms with van der Waals surface area (Å²) in [4.78, 5) is 0. The molecule has 2 rings (SSSR count). The van der Waals surface area contributed by atoms with E-state index in [-0.39, 0.29) is 0 Å². The van der Waals surface area contributed by atoms with Crippen LogP contribution in [0.4, 0.5) is 0 Å². The zero-order chi connectivity index (χ0) is 10.1. The maximum absolute atomic E-state index is 5.58. The van der Waals surface area contributed by atoms with E-state index in [4.69, 9.17) is 5.73 Å². The Bertz CT molecular complexity index is 443. The van der Waals surface area contributed by atoms with Gasteiger partial charge in [-0.15, -0.1) is 0 Å². The van der Waals surface area contributed by atoms with Crippen LogP contribution in [0.15, 0.2) is 24.4 Å². The second-order valence-corrected chi connectivity index (χ2v) is 3.78. The lowest BCUT2D eigenvalue weighted by atomic mass is 10.1. The molecule has 0 unspecified atom stereocenters. The van der Waals surface area contributed by atoms with Crippen molar-refractivity contribution in [1.82, 2.24) is 9.78 Å². The highest BCUT2D eigenvalue weighted by molar-refractivity contribution is 5.79. The van der Waals surface area contributed by atoms with Crippen LogP contribution in [0.3, 0.4) is 0 Å². The van der Waals surface area contributed by atoms with Gasteiger partial charge in [0, 0.05) is 18.0 Å². The Morgan fingerprint density at radius 3 is 2.86 bits per heavy atom. The van der Waals surface area contributed by atoms with Crippen LogP contribution in [0.25, 0.3) is 10.9 Å². The zero-order valence-corrected chi connectivity index (χ0v) is 8.57. The molecule has 1 aromatic carbocycles. The number of rotatable bonds is 2. The van der Waals surface area contributed by atoms with Crippen molar-refractivity contribution in [2.45, 2.75) is 26.4 Å². The second kappa shape index (κ2) is 3.42. The Hall–Kier alpha value is -1.35. The summed E-state index contributed by atoms with van der Waals surface area (Å²) in [5.74, 6) is 0. The molecule has 3 nitrogen and oxygen atoms in total. The molecule has 0 saturated carbocycles. The average Bonchev–Trinajstić information content (AvgIpc) is 2.59. The molecule has 0 aliphatic heterocycles. The van der Waals surface area contributed by atoms with Crippen LogP contribution in [0.2, 0.25) is 0 Å². The van der Waals surface area contributed by atoms with E-state index in [1.54, 1.807) is 0 Å². The van der Waals surface area contributed by atoms with E-state index in [2.05, 4.69) is 37.1 Å². The van der Waals surface area contributed by atoms with Crippen molar-refractivity contribution in [2.24, 2.45) is 5.73 Å². The standard InChI is InChI=1S/C11H15N3/c1-8(2)14-11-4-3-9(6-12)5-10(11)7-13-14/h3-5,7-8H,6,12H2,1-2H3. The fourth-order valence-corrected chi connectivity index (χ4v) is 1.64. The van der Waals surface area contributed by atoms with Crippen LogP contribution >= 0.6 is 0 Å². The van der Waals surface area contributed by atoms with Crippen molar-refractivity contribution >= 4 is 10.9 Å². The summed E-state index contributed by atoms with van der Waals surface area (Å²) in [6.07, 6.45) is 1.90. The van der Waals surface area contributed by atoms with Crippen molar-refractivity contribution in [3.05, 3.63) is 30.0 Å². The van der Waals surface area contributed by atoms with Gasteiger partial charge in [-0.2, -0.15) is 5.10 Å². The van der Waals surface area contributed by atoms with Crippen molar-refractivity contribution in [2.75, 3.05) is 0 Å².